The van der Waals surface area contributed by atoms with Crippen molar-refractivity contribution in [2.24, 2.45) is 0 Å². The van der Waals surface area contributed by atoms with E-state index in [-0.39, 0.29) is 11.9 Å². The molecule has 2 heterocycles. The van der Waals surface area contributed by atoms with E-state index in [0.717, 1.165) is 35.1 Å². The monoisotopic (exact) mass is 416 g/mol. The van der Waals surface area contributed by atoms with Crippen LogP contribution in [0.15, 0.2) is 52.5 Å². The zero-order chi connectivity index (χ0) is 19.5. The number of hydrogen-bond donors (Lipinski definition) is 0. The highest BCUT2D eigenvalue weighted by Gasteiger charge is 2.37. The number of thiazole rings is 1. The van der Waals surface area contributed by atoms with Gasteiger partial charge in [0, 0.05) is 16.4 Å². The zero-order valence-corrected chi connectivity index (χ0v) is 17.1. The number of amides is 1. The van der Waals surface area contributed by atoms with Gasteiger partial charge in [-0.25, -0.2) is 4.98 Å². The highest BCUT2D eigenvalue weighted by molar-refractivity contribution is 7.09. The summed E-state index contributed by atoms with van der Waals surface area (Å²) >= 11 is 7.38. The Morgan fingerprint density at radius 1 is 1.36 bits per heavy atom. The molecular formula is C21H21ClN2O3S. The highest BCUT2D eigenvalue weighted by Crippen LogP contribution is 2.35. The number of carbonyl (C=O) groups excluding carboxylic acids is 1. The van der Waals surface area contributed by atoms with Gasteiger partial charge in [-0.2, -0.15) is 0 Å². The number of ether oxygens (including phenoxy) is 1. The molecule has 3 aromatic rings. The number of hydrogen-bond acceptors (Lipinski definition) is 5. The van der Waals surface area contributed by atoms with Crippen molar-refractivity contribution >= 4 is 28.8 Å². The molecule has 7 heteroatoms. The predicted octanol–water partition coefficient (Wildman–Crippen LogP) is 5.26. The maximum Gasteiger partial charge on any atom is 0.229 e. The van der Waals surface area contributed by atoms with Gasteiger partial charge in [0.25, 0.3) is 0 Å². The van der Waals surface area contributed by atoms with E-state index in [4.69, 9.17) is 20.8 Å². The van der Waals surface area contributed by atoms with Crippen LogP contribution in [0.5, 0.6) is 5.75 Å². The molecule has 1 amide bonds. The molecule has 0 bridgehead atoms. The number of halogens is 1. The molecule has 0 saturated heterocycles. The van der Waals surface area contributed by atoms with E-state index in [0.29, 0.717) is 24.1 Å². The maximum absolute atomic E-state index is 13.0. The number of aromatic nitrogens is 1. The molecule has 0 N–H and O–H groups in total. The molecule has 28 heavy (non-hydrogen) atoms. The Labute approximate surface area is 172 Å². The summed E-state index contributed by atoms with van der Waals surface area (Å²) < 4.78 is 11.2. The van der Waals surface area contributed by atoms with Crippen LogP contribution in [0.2, 0.25) is 5.02 Å². The summed E-state index contributed by atoms with van der Waals surface area (Å²) in [6, 6.07) is 11.2. The molecule has 4 rings (SSSR count). The molecular weight excluding hydrogens is 396 g/mol. The van der Waals surface area contributed by atoms with E-state index in [1.807, 2.05) is 41.5 Å². The Morgan fingerprint density at radius 3 is 2.82 bits per heavy atom. The average molecular weight is 417 g/mol. The molecule has 0 radical (unpaired) electrons. The lowest BCUT2D eigenvalue weighted by atomic mass is 10.2. The molecule has 1 aliphatic carbocycles. The fourth-order valence-electron chi connectivity index (χ4n) is 3.17. The number of furan rings is 1. The van der Waals surface area contributed by atoms with Crippen molar-refractivity contribution in [3.05, 3.63) is 69.5 Å². The third kappa shape index (κ3) is 4.56. The summed E-state index contributed by atoms with van der Waals surface area (Å²) in [6.07, 6.45) is 4.04. The van der Waals surface area contributed by atoms with Gasteiger partial charge in [-0.05, 0) is 56.2 Å². The fourth-order valence-corrected chi connectivity index (χ4v) is 4.00. The van der Waals surface area contributed by atoms with Crippen LogP contribution in [0, 0.1) is 0 Å². The minimum atomic E-state index is -0.0682. The minimum Gasteiger partial charge on any atom is -0.486 e. The summed E-state index contributed by atoms with van der Waals surface area (Å²) in [5, 5.41) is 3.45. The average Bonchev–Trinajstić information content (AvgIpc) is 3.18. The van der Waals surface area contributed by atoms with Gasteiger partial charge in [0.15, 0.2) is 0 Å². The van der Waals surface area contributed by atoms with Gasteiger partial charge in [0.05, 0.1) is 24.4 Å². The second-order valence-corrected chi connectivity index (χ2v) is 8.25. The van der Waals surface area contributed by atoms with Crippen LogP contribution in [0.1, 0.15) is 42.3 Å². The SMILES string of the molecule is CC(c1ccco1)N(C(=O)Cc1csc(COc2ccc(Cl)cc2)n1)C1CC1. The predicted molar refractivity (Wildman–Crippen MR) is 109 cm³/mol. The minimum absolute atomic E-state index is 0.0682. The molecule has 0 spiro atoms. The van der Waals surface area contributed by atoms with Crippen LogP contribution in [0.4, 0.5) is 0 Å². The van der Waals surface area contributed by atoms with Gasteiger partial charge in [-0.3, -0.25) is 4.79 Å². The van der Waals surface area contributed by atoms with Crippen LogP contribution in [-0.4, -0.2) is 21.8 Å². The Morgan fingerprint density at radius 2 is 2.14 bits per heavy atom. The van der Waals surface area contributed by atoms with Gasteiger partial charge in [0.2, 0.25) is 5.91 Å². The molecule has 146 valence electrons. The van der Waals surface area contributed by atoms with Gasteiger partial charge in [-0.1, -0.05) is 11.6 Å². The first kappa shape index (κ1) is 19.0. The normalized spacial score (nSPS) is 14.6. The molecule has 1 unspecified atom stereocenters. The third-order valence-electron chi connectivity index (χ3n) is 4.71. The van der Waals surface area contributed by atoms with Crippen molar-refractivity contribution < 1.29 is 13.9 Å². The molecule has 1 atom stereocenters. The lowest BCUT2D eigenvalue weighted by Gasteiger charge is -2.28. The zero-order valence-electron chi connectivity index (χ0n) is 15.5. The van der Waals surface area contributed by atoms with Gasteiger partial charge in [0.1, 0.15) is 23.1 Å². The fraction of sp³-hybridized carbons (Fsp3) is 0.333. The number of nitrogens with zero attached hydrogens (tertiary/aromatic N) is 2. The molecule has 5 nitrogen and oxygen atoms in total. The molecule has 1 aliphatic rings. The first-order chi connectivity index (χ1) is 13.6. The molecule has 1 aromatic carbocycles. The highest BCUT2D eigenvalue weighted by atomic mass is 35.5. The molecule has 1 saturated carbocycles. The Balaban J connectivity index is 1.37. The van der Waals surface area contributed by atoms with Crippen LogP contribution in [-0.2, 0) is 17.8 Å². The second-order valence-electron chi connectivity index (χ2n) is 6.88. The topological polar surface area (TPSA) is 55.6 Å². The maximum atomic E-state index is 13.0. The van der Waals surface area contributed by atoms with Gasteiger partial charge in [-0.15, -0.1) is 11.3 Å². The molecule has 2 aromatic heterocycles. The summed E-state index contributed by atoms with van der Waals surface area (Å²) in [7, 11) is 0. The van der Waals surface area contributed by atoms with E-state index in [9.17, 15) is 4.79 Å². The smallest absolute Gasteiger partial charge is 0.229 e. The van der Waals surface area contributed by atoms with Gasteiger partial charge < -0.3 is 14.1 Å². The van der Waals surface area contributed by atoms with Crippen LogP contribution < -0.4 is 4.74 Å². The van der Waals surface area contributed by atoms with E-state index in [1.54, 1.807) is 18.4 Å². The van der Waals surface area contributed by atoms with Crippen molar-refractivity contribution in [1.29, 1.82) is 0 Å². The number of benzene rings is 1. The van der Waals surface area contributed by atoms with E-state index >= 15 is 0 Å². The largest absolute Gasteiger partial charge is 0.486 e. The van der Waals surface area contributed by atoms with Crippen LogP contribution in [0.3, 0.4) is 0 Å². The first-order valence-electron chi connectivity index (χ1n) is 9.26. The van der Waals surface area contributed by atoms with Crippen molar-refractivity contribution in [3.63, 3.8) is 0 Å². The van der Waals surface area contributed by atoms with Crippen molar-refractivity contribution in [3.8, 4) is 5.75 Å². The Kier molecular flexibility index (Phi) is 5.69. The van der Waals surface area contributed by atoms with Crippen LogP contribution >= 0.6 is 22.9 Å². The summed E-state index contributed by atoms with van der Waals surface area (Å²) in [5.41, 5.74) is 0.780. The third-order valence-corrected chi connectivity index (χ3v) is 5.83. The summed E-state index contributed by atoms with van der Waals surface area (Å²) in [4.78, 5) is 19.5. The lowest BCUT2D eigenvalue weighted by molar-refractivity contribution is -0.133. The quantitative estimate of drug-likeness (QED) is 0.502. The van der Waals surface area contributed by atoms with Crippen LogP contribution in [0.25, 0.3) is 0 Å². The summed E-state index contributed by atoms with van der Waals surface area (Å²) in [5.74, 6) is 1.64. The molecule has 1 fully saturated rings. The summed E-state index contributed by atoms with van der Waals surface area (Å²) in [6.45, 7) is 2.39. The number of rotatable bonds is 8. The first-order valence-corrected chi connectivity index (χ1v) is 10.5. The Bertz CT molecular complexity index is 920. The van der Waals surface area contributed by atoms with Crippen molar-refractivity contribution in [2.45, 2.75) is 44.9 Å². The van der Waals surface area contributed by atoms with E-state index in [1.165, 1.54) is 11.3 Å². The van der Waals surface area contributed by atoms with E-state index in [2.05, 4.69) is 4.98 Å². The van der Waals surface area contributed by atoms with Crippen molar-refractivity contribution in [2.75, 3.05) is 0 Å². The van der Waals surface area contributed by atoms with Crippen molar-refractivity contribution in [1.82, 2.24) is 9.88 Å². The second kappa shape index (κ2) is 8.37. The van der Waals surface area contributed by atoms with Gasteiger partial charge >= 0.3 is 0 Å². The van der Waals surface area contributed by atoms with E-state index < -0.39 is 0 Å². The lowest BCUT2D eigenvalue weighted by Crippen LogP contribution is -2.36. The molecule has 0 aliphatic heterocycles. The number of carbonyl (C=O) groups is 1. The standard InChI is InChI=1S/C21H21ClN2O3S/c1-14(19-3-2-10-26-19)24(17-6-7-17)21(25)11-16-13-28-20(23-16)12-27-18-8-4-15(22)5-9-18/h2-5,8-10,13-14,17H,6-7,11-12H2,1H3. The Hall–Kier alpha value is -2.31.